The zero-order valence-electron chi connectivity index (χ0n) is 10.2. The highest BCUT2D eigenvalue weighted by Gasteiger charge is 2.35. The molecule has 1 atom stereocenters. The molecule has 2 aliphatic rings. The Labute approximate surface area is 102 Å². The second-order valence-corrected chi connectivity index (χ2v) is 5.40. The number of hydrogen-bond donors (Lipinski definition) is 1. The van der Waals surface area contributed by atoms with Crippen LogP contribution in [-0.2, 0) is 9.59 Å². The minimum atomic E-state index is -0.832. The van der Waals surface area contributed by atoms with Crippen LogP contribution in [-0.4, -0.2) is 35.0 Å². The van der Waals surface area contributed by atoms with Crippen molar-refractivity contribution in [1.82, 2.24) is 4.90 Å². The molecule has 96 valence electrons. The maximum Gasteiger partial charge on any atom is 0.308 e. The molecular formula is C13H21NO3. The molecule has 4 nitrogen and oxygen atoms in total. The van der Waals surface area contributed by atoms with Crippen molar-refractivity contribution < 1.29 is 14.7 Å². The highest BCUT2D eigenvalue weighted by atomic mass is 16.4. The first kappa shape index (κ1) is 12.4. The van der Waals surface area contributed by atoms with E-state index >= 15 is 0 Å². The molecule has 0 bridgehead atoms. The lowest BCUT2D eigenvalue weighted by Gasteiger charge is -2.22. The lowest BCUT2D eigenvalue weighted by atomic mass is 10.00. The molecule has 1 N–H and O–H groups in total. The average molecular weight is 239 g/mol. The molecule has 1 heterocycles. The van der Waals surface area contributed by atoms with Crippen LogP contribution in [0.1, 0.15) is 44.9 Å². The molecule has 0 aromatic carbocycles. The normalized spacial score (nSPS) is 27.2. The molecule has 1 amide bonds. The Kier molecular flexibility index (Phi) is 4.02. The molecule has 1 aliphatic carbocycles. The fraction of sp³-hybridized carbons (Fsp3) is 0.846. The zero-order chi connectivity index (χ0) is 12.3. The Bertz CT molecular complexity index is 295. The van der Waals surface area contributed by atoms with Gasteiger partial charge in [0.15, 0.2) is 0 Å². The van der Waals surface area contributed by atoms with Crippen LogP contribution in [0.25, 0.3) is 0 Å². The smallest absolute Gasteiger partial charge is 0.308 e. The number of nitrogens with zero attached hydrogens (tertiary/aromatic N) is 1. The van der Waals surface area contributed by atoms with Crippen molar-refractivity contribution in [3.05, 3.63) is 0 Å². The molecular weight excluding hydrogens is 218 g/mol. The molecule has 1 aliphatic heterocycles. The molecule has 4 heteroatoms. The molecule has 2 fully saturated rings. The predicted octanol–water partition coefficient (Wildman–Crippen LogP) is 1.89. The van der Waals surface area contributed by atoms with Crippen molar-refractivity contribution in [3.8, 4) is 0 Å². The van der Waals surface area contributed by atoms with Gasteiger partial charge in [-0.1, -0.05) is 25.7 Å². The third-order valence-corrected chi connectivity index (χ3v) is 4.02. The molecule has 2 rings (SSSR count). The summed E-state index contributed by atoms with van der Waals surface area (Å²) in [5.41, 5.74) is 0. The van der Waals surface area contributed by atoms with Gasteiger partial charge in [0.05, 0.1) is 5.92 Å². The number of amides is 1. The summed E-state index contributed by atoms with van der Waals surface area (Å²) in [5, 5.41) is 8.92. The number of rotatable bonds is 3. The van der Waals surface area contributed by atoms with Crippen LogP contribution in [0.4, 0.5) is 0 Å². The van der Waals surface area contributed by atoms with Crippen molar-refractivity contribution in [1.29, 1.82) is 0 Å². The molecule has 1 saturated heterocycles. The van der Waals surface area contributed by atoms with E-state index < -0.39 is 11.9 Å². The van der Waals surface area contributed by atoms with Gasteiger partial charge in [0.1, 0.15) is 0 Å². The lowest BCUT2D eigenvalue weighted by Crippen LogP contribution is -2.31. The van der Waals surface area contributed by atoms with E-state index in [0.29, 0.717) is 12.5 Å². The van der Waals surface area contributed by atoms with Gasteiger partial charge in [0, 0.05) is 19.5 Å². The molecule has 0 radical (unpaired) electrons. The summed E-state index contributed by atoms with van der Waals surface area (Å²) in [7, 11) is 0. The maximum atomic E-state index is 11.7. The Hall–Kier alpha value is -1.06. The van der Waals surface area contributed by atoms with Crippen LogP contribution in [0, 0.1) is 11.8 Å². The largest absolute Gasteiger partial charge is 0.481 e. The number of carbonyl (C=O) groups is 2. The summed E-state index contributed by atoms with van der Waals surface area (Å²) in [6.07, 6.45) is 7.72. The van der Waals surface area contributed by atoms with Gasteiger partial charge < -0.3 is 10.0 Å². The van der Waals surface area contributed by atoms with Gasteiger partial charge in [0.25, 0.3) is 0 Å². The van der Waals surface area contributed by atoms with Crippen molar-refractivity contribution in [2.75, 3.05) is 13.1 Å². The van der Waals surface area contributed by atoms with Crippen LogP contribution < -0.4 is 0 Å². The fourth-order valence-electron chi connectivity index (χ4n) is 2.97. The maximum absolute atomic E-state index is 11.7. The third kappa shape index (κ3) is 3.20. The molecule has 17 heavy (non-hydrogen) atoms. The van der Waals surface area contributed by atoms with E-state index in [0.717, 1.165) is 6.54 Å². The highest BCUT2D eigenvalue weighted by Crippen LogP contribution is 2.26. The van der Waals surface area contributed by atoms with Crippen molar-refractivity contribution >= 4 is 11.9 Å². The Morgan fingerprint density at radius 2 is 1.88 bits per heavy atom. The lowest BCUT2D eigenvalue weighted by molar-refractivity contribution is -0.141. The third-order valence-electron chi connectivity index (χ3n) is 4.02. The summed E-state index contributed by atoms with van der Waals surface area (Å²) < 4.78 is 0. The standard InChI is InChI=1S/C13H21NO3/c15-12-7-11(13(16)17)9-14(12)8-10-5-3-1-2-4-6-10/h10-11H,1-9H2,(H,16,17). The second kappa shape index (κ2) is 5.52. The van der Waals surface area contributed by atoms with Crippen LogP contribution >= 0.6 is 0 Å². The zero-order valence-corrected chi connectivity index (χ0v) is 10.2. The van der Waals surface area contributed by atoms with Gasteiger partial charge in [-0.2, -0.15) is 0 Å². The van der Waals surface area contributed by atoms with Gasteiger partial charge in [-0.05, 0) is 18.8 Å². The number of aliphatic carboxylic acids is 1. The van der Waals surface area contributed by atoms with E-state index in [1.165, 1.54) is 38.5 Å². The second-order valence-electron chi connectivity index (χ2n) is 5.40. The predicted molar refractivity (Wildman–Crippen MR) is 63.5 cm³/mol. The quantitative estimate of drug-likeness (QED) is 0.765. The molecule has 0 aromatic heterocycles. The summed E-state index contributed by atoms with van der Waals surface area (Å²) in [6.45, 7) is 1.20. The topological polar surface area (TPSA) is 57.6 Å². The van der Waals surface area contributed by atoms with Crippen LogP contribution in [0.3, 0.4) is 0 Å². The molecule has 1 saturated carbocycles. The number of carbonyl (C=O) groups excluding carboxylic acids is 1. The van der Waals surface area contributed by atoms with E-state index in [1.54, 1.807) is 4.90 Å². The van der Waals surface area contributed by atoms with E-state index in [1.807, 2.05) is 0 Å². The SMILES string of the molecule is O=C(O)C1CC(=O)N(CC2CCCCCC2)C1. The Morgan fingerprint density at radius 3 is 2.41 bits per heavy atom. The summed E-state index contributed by atoms with van der Waals surface area (Å²) in [5.74, 6) is -0.689. The first-order valence-electron chi connectivity index (χ1n) is 6.67. The van der Waals surface area contributed by atoms with Crippen LogP contribution in [0.2, 0.25) is 0 Å². The van der Waals surface area contributed by atoms with Gasteiger partial charge in [-0.25, -0.2) is 0 Å². The van der Waals surface area contributed by atoms with Gasteiger partial charge in [0.2, 0.25) is 5.91 Å². The average Bonchev–Trinajstić information content (AvgIpc) is 2.52. The Balaban J connectivity index is 1.86. The number of likely N-dealkylation sites (tertiary alicyclic amines) is 1. The number of hydrogen-bond acceptors (Lipinski definition) is 2. The van der Waals surface area contributed by atoms with Crippen LogP contribution in [0.5, 0.6) is 0 Å². The van der Waals surface area contributed by atoms with Gasteiger partial charge >= 0.3 is 5.97 Å². The van der Waals surface area contributed by atoms with Crippen LogP contribution in [0.15, 0.2) is 0 Å². The fourth-order valence-corrected chi connectivity index (χ4v) is 2.97. The first-order chi connectivity index (χ1) is 8.16. The Morgan fingerprint density at radius 1 is 1.24 bits per heavy atom. The first-order valence-corrected chi connectivity index (χ1v) is 6.67. The number of carboxylic acid groups (broad SMARTS) is 1. The van der Waals surface area contributed by atoms with E-state index in [4.69, 9.17) is 5.11 Å². The summed E-state index contributed by atoms with van der Waals surface area (Å²) in [4.78, 5) is 24.3. The van der Waals surface area contributed by atoms with E-state index in [-0.39, 0.29) is 12.3 Å². The minimum Gasteiger partial charge on any atom is -0.481 e. The summed E-state index contributed by atoms with van der Waals surface area (Å²) >= 11 is 0. The summed E-state index contributed by atoms with van der Waals surface area (Å²) in [6, 6.07) is 0. The molecule has 0 spiro atoms. The minimum absolute atomic E-state index is 0.0293. The van der Waals surface area contributed by atoms with Crippen molar-refractivity contribution in [3.63, 3.8) is 0 Å². The monoisotopic (exact) mass is 239 g/mol. The molecule has 1 unspecified atom stereocenters. The van der Waals surface area contributed by atoms with Gasteiger partial charge in [-0.15, -0.1) is 0 Å². The van der Waals surface area contributed by atoms with Gasteiger partial charge in [-0.3, -0.25) is 9.59 Å². The van der Waals surface area contributed by atoms with Crippen molar-refractivity contribution in [2.24, 2.45) is 11.8 Å². The van der Waals surface area contributed by atoms with E-state index in [2.05, 4.69) is 0 Å². The van der Waals surface area contributed by atoms with Crippen molar-refractivity contribution in [2.45, 2.75) is 44.9 Å². The number of carboxylic acids is 1. The van der Waals surface area contributed by atoms with E-state index in [9.17, 15) is 9.59 Å². The molecule has 0 aromatic rings. The highest BCUT2D eigenvalue weighted by molar-refractivity contribution is 5.86.